The summed E-state index contributed by atoms with van der Waals surface area (Å²) in [6.45, 7) is 0.379. The molecule has 0 aliphatic heterocycles. The van der Waals surface area contributed by atoms with Gasteiger partial charge in [-0.05, 0) is 12.5 Å². The van der Waals surface area contributed by atoms with Crippen LogP contribution in [0.4, 0.5) is 13.2 Å². The number of aryl methyl sites for hydroxylation is 1. The van der Waals surface area contributed by atoms with Crippen molar-refractivity contribution in [2.24, 2.45) is 0 Å². The predicted molar refractivity (Wildman–Crippen MR) is 35.0 cm³/mol. The third kappa shape index (κ3) is 2.86. The Bertz CT molecular complexity index is 251. The summed E-state index contributed by atoms with van der Waals surface area (Å²) in [6.07, 6.45) is -2.99. The lowest BCUT2D eigenvalue weighted by Crippen LogP contribution is -2.18. The summed E-state index contributed by atoms with van der Waals surface area (Å²) >= 11 is 0. The fourth-order valence-corrected chi connectivity index (χ4v) is 0.634. The van der Waals surface area contributed by atoms with E-state index in [1.54, 1.807) is 6.92 Å². The van der Waals surface area contributed by atoms with E-state index in [0.29, 0.717) is 0 Å². The molecule has 0 saturated heterocycles. The molecule has 1 aromatic heterocycles. The maximum Gasteiger partial charge on any atom is 0.422 e. The van der Waals surface area contributed by atoms with E-state index in [0.717, 1.165) is 5.56 Å². The Hall–Kier alpha value is -1.13. The first kappa shape index (κ1) is 8.96. The van der Waals surface area contributed by atoms with Crippen molar-refractivity contribution in [1.82, 2.24) is 0 Å². The number of ether oxygens (including phenoxy) is 1. The number of alkyl halides is 3. The van der Waals surface area contributed by atoms with Gasteiger partial charge in [-0.3, -0.25) is 0 Å². The molecule has 0 saturated carbocycles. The molecule has 0 unspecified atom stereocenters. The van der Waals surface area contributed by atoms with E-state index < -0.39 is 12.8 Å². The number of rotatable bonds is 2. The molecule has 0 amide bonds. The number of halogens is 3. The van der Waals surface area contributed by atoms with Crippen LogP contribution in [0, 0.1) is 6.92 Å². The van der Waals surface area contributed by atoms with Gasteiger partial charge < -0.3 is 9.15 Å². The summed E-state index contributed by atoms with van der Waals surface area (Å²) in [5.74, 6) is -0.107. The van der Waals surface area contributed by atoms with Crippen LogP contribution in [0.15, 0.2) is 16.7 Å². The first-order chi connectivity index (χ1) is 5.47. The largest absolute Gasteiger partial charge is 0.455 e. The van der Waals surface area contributed by atoms with Gasteiger partial charge in [-0.25, -0.2) is 0 Å². The molecule has 0 bridgehead atoms. The lowest BCUT2D eigenvalue weighted by atomic mass is 10.4. The van der Waals surface area contributed by atoms with Gasteiger partial charge in [0.1, 0.15) is 0 Å². The fourth-order valence-electron chi connectivity index (χ4n) is 0.634. The molecule has 0 atom stereocenters. The highest BCUT2D eigenvalue weighted by atomic mass is 19.4. The standard InChI is InChI=1S/C7H7F3O2/c1-5-2-6(11-3-5)12-4-7(8,9)10/h2-3H,4H2,1H3. The number of furan rings is 1. The third-order valence-corrected chi connectivity index (χ3v) is 1.08. The molecule has 0 N–H and O–H groups in total. The quantitative estimate of drug-likeness (QED) is 0.697. The van der Waals surface area contributed by atoms with E-state index in [9.17, 15) is 13.2 Å². The fraction of sp³-hybridized carbons (Fsp3) is 0.429. The van der Waals surface area contributed by atoms with Gasteiger partial charge in [-0.1, -0.05) is 0 Å². The molecule has 5 heteroatoms. The Morgan fingerprint density at radius 3 is 2.58 bits per heavy atom. The van der Waals surface area contributed by atoms with Gasteiger partial charge in [-0.15, -0.1) is 0 Å². The molecule has 68 valence electrons. The van der Waals surface area contributed by atoms with Crippen molar-refractivity contribution in [3.8, 4) is 5.95 Å². The van der Waals surface area contributed by atoms with Crippen molar-refractivity contribution in [3.05, 3.63) is 17.9 Å². The first-order valence-electron chi connectivity index (χ1n) is 3.22. The smallest absolute Gasteiger partial charge is 0.422 e. The summed E-state index contributed by atoms with van der Waals surface area (Å²) in [7, 11) is 0. The normalized spacial score (nSPS) is 11.7. The maximum absolute atomic E-state index is 11.6. The average molecular weight is 180 g/mol. The zero-order chi connectivity index (χ0) is 9.19. The monoisotopic (exact) mass is 180 g/mol. The van der Waals surface area contributed by atoms with Crippen LogP contribution in [0.1, 0.15) is 5.56 Å². The molecular weight excluding hydrogens is 173 g/mol. The van der Waals surface area contributed by atoms with Crippen molar-refractivity contribution in [2.75, 3.05) is 6.61 Å². The molecule has 12 heavy (non-hydrogen) atoms. The second kappa shape index (κ2) is 3.08. The summed E-state index contributed by atoms with van der Waals surface area (Å²) < 4.78 is 43.7. The SMILES string of the molecule is Cc1coc(OCC(F)(F)F)c1. The Morgan fingerprint density at radius 2 is 2.17 bits per heavy atom. The minimum absolute atomic E-state index is 0.107. The molecule has 1 heterocycles. The molecule has 1 rings (SSSR count). The van der Waals surface area contributed by atoms with E-state index >= 15 is 0 Å². The minimum atomic E-state index is -4.32. The van der Waals surface area contributed by atoms with Gasteiger partial charge in [0.2, 0.25) is 0 Å². The Labute approximate surface area is 66.9 Å². The molecule has 0 radical (unpaired) electrons. The van der Waals surface area contributed by atoms with E-state index in [1.165, 1.54) is 12.3 Å². The highest BCUT2D eigenvalue weighted by molar-refractivity contribution is 5.14. The number of hydrogen-bond donors (Lipinski definition) is 0. The van der Waals surface area contributed by atoms with Gasteiger partial charge in [0.25, 0.3) is 5.95 Å². The van der Waals surface area contributed by atoms with Crippen LogP contribution < -0.4 is 4.74 Å². The average Bonchev–Trinajstić information content (AvgIpc) is 2.30. The lowest BCUT2D eigenvalue weighted by molar-refractivity contribution is -0.156. The Morgan fingerprint density at radius 1 is 1.50 bits per heavy atom. The summed E-state index contributed by atoms with van der Waals surface area (Å²) in [5, 5.41) is 0. The molecule has 0 spiro atoms. The summed E-state index contributed by atoms with van der Waals surface area (Å²) in [5.41, 5.74) is 0.729. The van der Waals surface area contributed by atoms with Crippen molar-refractivity contribution in [3.63, 3.8) is 0 Å². The minimum Gasteiger partial charge on any atom is -0.455 e. The maximum atomic E-state index is 11.6. The molecule has 2 nitrogen and oxygen atoms in total. The molecule has 0 aliphatic rings. The third-order valence-electron chi connectivity index (χ3n) is 1.08. The lowest BCUT2D eigenvalue weighted by Gasteiger charge is -2.05. The van der Waals surface area contributed by atoms with Crippen LogP contribution in [0.25, 0.3) is 0 Å². The second-order valence-electron chi connectivity index (χ2n) is 2.35. The van der Waals surface area contributed by atoms with Gasteiger partial charge in [-0.2, -0.15) is 13.2 Å². The topological polar surface area (TPSA) is 22.4 Å². The van der Waals surface area contributed by atoms with Crippen LogP contribution in [0.2, 0.25) is 0 Å². The summed E-state index contributed by atoms with van der Waals surface area (Å²) in [4.78, 5) is 0. The first-order valence-corrected chi connectivity index (χ1v) is 3.22. The van der Waals surface area contributed by atoms with Crippen LogP contribution >= 0.6 is 0 Å². The molecule has 0 aromatic carbocycles. The van der Waals surface area contributed by atoms with Crippen molar-refractivity contribution in [2.45, 2.75) is 13.1 Å². The van der Waals surface area contributed by atoms with Crippen LogP contribution in [0.5, 0.6) is 5.95 Å². The van der Waals surface area contributed by atoms with Gasteiger partial charge in [0, 0.05) is 6.07 Å². The molecular formula is C7H7F3O2. The summed E-state index contributed by atoms with van der Waals surface area (Å²) in [6, 6.07) is 1.39. The van der Waals surface area contributed by atoms with E-state index in [2.05, 4.69) is 9.15 Å². The van der Waals surface area contributed by atoms with Crippen molar-refractivity contribution in [1.29, 1.82) is 0 Å². The number of hydrogen-bond acceptors (Lipinski definition) is 2. The van der Waals surface area contributed by atoms with Gasteiger partial charge in [0.15, 0.2) is 6.61 Å². The Kier molecular flexibility index (Phi) is 2.30. The zero-order valence-electron chi connectivity index (χ0n) is 6.31. The van der Waals surface area contributed by atoms with E-state index in [4.69, 9.17) is 0 Å². The van der Waals surface area contributed by atoms with E-state index in [1.807, 2.05) is 0 Å². The van der Waals surface area contributed by atoms with Gasteiger partial charge in [0.05, 0.1) is 6.26 Å². The Balaban J connectivity index is 2.44. The van der Waals surface area contributed by atoms with Crippen molar-refractivity contribution < 1.29 is 22.3 Å². The highest BCUT2D eigenvalue weighted by Gasteiger charge is 2.28. The predicted octanol–water partition coefficient (Wildman–Crippen LogP) is 2.53. The van der Waals surface area contributed by atoms with Crippen LogP contribution in [-0.4, -0.2) is 12.8 Å². The zero-order valence-corrected chi connectivity index (χ0v) is 6.31. The molecule has 1 aromatic rings. The van der Waals surface area contributed by atoms with Gasteiger partial charge >= 0.3 is 6.18 Å². The van der Waals surface area contributed by atoms with E-state index in [-0.39, 0.29) is 5.95 Å². The molecule has 0 aliphatic carbocycles. The second-order valence-corrected chi connectivity index (χ2v) is 2.35. The van der Waals surface area contributed by atoms with Crippen LogP contribution in [0.3, 0.4) is 0 Å². The van der Waals surface area contributed by atoms with Crippen molar-refractivity contribution >= 4 is 0 Å². The molecule has 0 fully saturated rings. The van der Waals surface area contributed by atoms with Crippen LogP contribution in [-0.2, 0) is 0 Å². The highest BCUT2D eigenvalue weighted by Crippen LogP contribution is 2.19.